The van der Waals surface area contributed by atoms with Crippen LogP contribution in [-0.4, -0.2) is 57.3 Å². The van der Waals surface area contributed by atoms with Crippen molar-refractivity contribution < 1.29 is 18.7 Å². The number of methoxy groups -OCH3 is 1. The van der Waals surface area contributed by atoms with Crippen LogP contribution in [0.5, 0.6) is 5.75 Å². The molecule has 3 aliphatic heterocycles. The summed E-state index contributed by atoms with van der Waals surface area (Å²) in [4.78, 5) is 26.6. The van der Waals surface area contributed by atoms with Crippen LogP contribution < -0.4 is 36.4 Å². The van der Waals surface area contributed by atoms with Gasteiger partial charge in [0.15, 0.2) is 0 Å². The molecule has 4 atom stereocenters. The predicted octanol–water partition coefficient (Wildman–Crippen LogP) is 0.654. The highest BCUT2D eigenvalue weighted by atomic mass is 19.1. The van der Waals surface area contributed by atoms with Crippen LogP contribution in [-0.2, 0) is 4.79 Å². The molecular weight excluding hydrogens is 439 g/mol. The second-order valence-electron chi connectivity index (χ2n) is 8.88. The first-order valence-electron chi connectivity index (χ1n) is 11.5. The van der Waals surface area contributed by atoms with E-state index < -0.39 is 0 Å². The molecule has 3 aliphatic rings. The maximum Gasteiger partial charge on any atom is 0.252 e. The highest BCUT2D eigenvalue weighted by Crippen LogP contribution is 2.36. The zero-order valence-electron chi connectivity index (χ0n) is 18.9. The molecule has 180 valence electrons. The van der Waals surface area contributed by atoms with Crippen molar-refractivity contribution in [2.75, 3.05) is 38.2 Å². The largest absolute Gasteiger partial charge is 0.496 e. The third-order valence-electron chi connectivity index (χ3n) is 6.86. The summed E-state index contributed by atoms with van der Waals surface area (Å²) < 4.78 is 20.0. The molecule has 10 heteroatoms. The quantitative estimate of drug-likeness (QED) is 0.439. The summed E-state index contributed by atoms with van der Waals surface area (Å²) in [6.07, 6.45) is 0.327. The third-order valence-corrected chi connectivity index (χ3v) is 6.86. The van der Waals surface area contributed by atoms with E-state index in [-0.39, 0.29) is 41.8 Å². The number of fused-ring (bicyclic) bond motifs is 1. The number of hydrogen-bond acceptors (Lipinski definition) is 7. The Morgan fingerprint density at radius 1 is 1.18 bits per heavy atom. The lowest BCUT2D eigenvalue weighted by Crippen LogP contribution is -2.49. The van der Waals surface area contributed by atoms with Crippen molar-refractivity contribution in [1.82, 2.24) is 26.8 Å². The molecule has 5 rings (SSSR count). The van der Waals surface area contributed by atoms with Crippen molar-refractivity contribution in [1.29, 1.82) is 0 Å². The maximum atomic E-state index is 14.6. The lowest BCUT2D eigenvalue weighted by molar-refractivity contribution is -0.120. The van der Waals surface area contributed by atoms with E-state index in [4.69, 9.17) is 4.74 Å². The number of nitrogens with zero attached hydrogens (tertiary/aromatic N) is 1. The fraction of sp³-hybridized carbons (Fsp3) is 0.417. The molecule has 0 spiro atoms. The SMILES string of the molecule is COc1cccc(F)c1C1CC2C(CN1)NNC2NC(=O)c1ccc(N2CCNC(=O)C2)cc1. The van der Waals surface area contributed by atoms with E-state index in [0.717, 1.165) is 12.2 Å². The molecule has 3 heterocycles. The Labute approximate surface area is 197 Å². The Hall–Kier alpha value is -3.21. The van der Waals surface area contributed by atoms with Crippen molar-refractivity contribution in [3.8, 4) is 5.75 Å². The number of piperazine rings is 1. The van der Waals surface area contributed by atoms with Gasteiger partial charge < -0.3 is 25.6 Å². The first-order chi connectivity index (χ1) is 16.5. The molecule has 2 amide bonds. The highest BCUT2D eigenvalue weighted by Gasteiger charge is 2.42. The molecule has 0 saturated carbocycles. The van der Waals surface area contributed by atoms with Crippen LogP contribution in [0.3, 0.4) is 0 Å². The smallest absolute Gasteiger partial charge is 0.252 e. The molecule has 0 bridgehead atoms. The van der Waals surface area contributed by atoms with Crippen LogP contribution in [0, 0.1) is 11.7 Å². The van der Waals surface area contributed by atoms with Crippen molar-refractivity contribution in [2.24, 2.45) is 5.92 Å². The molecule has 2 aromatic carbocycles. The Bertz CT molecular complexity index is 1070. The number of nitrogens with one attached hydrogen (secondary N) is 5. The van der Waals surface area contributed by atoms with Crippen LogP contribution in [0.25, 0.3) is 0 Å². The number of piperidine rings is 1. The number of benzene rings is 2. The van der Waals surface area contributed by atoms with Crippen molar-refractivity contribution in [3.05, 3.63) is 59.4 Å². The first-order valence-corrected chi connectivity index (χ1v) is 11.5. The molecule has 34 heavy (non-hydrogen) atoms. The van der Waals surface area contributed by atoms with Gasteiger partial charge in [-0.2, -0.15) is 0 Å². The van der Waals surface area contributed by atoms with Gasteiger partial charge in [0.1, 0.15) is 11.6 Å². The third kappa shape index (κ3) is 4.44. The Balaban J connectivity index is 1.25. The average Bonchev–Trinajstić information content (AvgIpc) is 3.25. The number of carbonyl (C=O) groups excluding carboxylic acids is 2. The predicted molar refractivity (Wildman–Crippen MR) is 125 cm³/mol. The Morgan fingerprint density at radius 3 is 2.76 bits per heavy atom. The molecule has 9 nitrogen and oxygen atoms in total. The lowest BCUT2D eigenvalue weighted by Gasteiger charge is -2.35. The van der Waals surface area contributed by atoms with Crippen LogP contribution in [0.1, 0.15) is 28.4 Å². The Kier molecular flexibility index (Phi) is 6.36. The fourth-order valence-electron chi connectivity index (χ4n) is 5.07. The molecule has 0 aliphatic carbocycles. The van der Waals surface area contributed by atoms with Gasteiger partial charge in [0.2, 0.25) is 5.91 Å². The number of hydrogen-bond donors (Lipinski definition) is 5. The number of carbonyl (C=O) groups is 2. The van der Waals surface area contributed by atoms with Crippen LogP contribution in [0.15, 0.2) is 42.5 Å². The second-order valence-corrected chi connectivity index (χ2v) is 8.88. The molecule has 5 N–H and O–H groups in total. The van der Waals surface area contributed by atoms with Gasteiger partial charge >= 0.3 is 0 Å². The summed E-state index contributed by atoms with van der Waals surface area (Å²) in [6, 6.07) is 12.0. The van der Waals surface area contributed by atoms with E-state index in [1.54, 1.807) is 24.3 Å². The number of amides is 2. The summed E-state index contributed by atoms with van der Waals surface area (Å²) in [5.41, 5.74) is 8.39. The van der Waals surface area contributed by atoms with Crippen LogP contribution in [0.4, 0.5) is 10.1 Å². The topological polar surface area (TPSA) is 107 Å². The number of ether oxygens (including phenoxy) is 1. The van der Waals surface area contributed by atoms with E-state index in [9.17, 15) is 14.0 Å². The van der Waals surface area contributed by atoms with E-state index in [2.05, 4.69) is 26.8 Å². The van der Waals surface area contributed by atoms with Gasteiger partial charge in [-0.05, 0) is 42.8 Å². The minimum Gasteiger partial charge on any atom is -0.496 e. The van der Waals surface area contributed by atoms with Crippen molar-refractivity contribution in [2.45, 2.75) is 24.7 Å². The maximum absolute atomic E-state index is 14.6. The number of anilines is 1. The molecule has 3 fully saturated rings. The number of halogens is 1. The van der Waals surface area contributed by atoms with Crippen LogP contribution in [0.2, 0.25) is 0 Å². The van der Waals surface area contributed by atoms with Gasteiger partial charge in [-0.15, -0.1) is 0 Å². The zero-order valence-corrected chi connectivity index (χ0v) is 18.9. The molecule has 2 aromatic rings. The molecule has 4 unspecified atom stereocenters. The van der Waals surface area contributed by atoms with E-state index in [1.165, 1.54) is 13.2 Å². The molecule has 0 radical (unpaired) electrons. The van der Waals surface area contributed by atoms with E-state index in [0.29, 0.717) is 42.9 Å². The summed E-state index contributed by atoms with van der Waals surface area (Å²) in [5, 5.41) is 9.28. The molecular formula is C24H29FN6O3. The highest BCUT2D eigenvalue weighted by molar-refractivity contribution is 5.95. The summed E-state index contributed by atoms with van der Waals surface area (Å²) >= 11 is 0. The van der Waals surface area contributed by atoms with Crippen molar-refractivity contribution >= 4 is 17.5 Å². The average molecular weight is 469 g/mol. The monoisotopic (exact) mass is 468 g/mol. The van der Waals surface area contributed by atoms with Gasteiger partial charge in [-0.3, -0.25) is 15.0 Å². The minimum absolute atomic E-state index is 0.00397. The first kappa shape index (κ1) is 22.6. The zero-order chi connectivity index (χ0) is 23.7. The second kappa shape index (κ2) is 9.57. The van der Waals surface area contributed by atoms with Gasteiger partial charge in [0, 0.05) is 54.5 Å². The van der Waals surface area contributed by atoms with E-state index >= 15 is 0 Å². The number of hydrazine groups is 1. The van der Waals surface area contributed by atoms with Crippen molar-refractivity contribution in [3.63, 3.8) is 0 Å². The number of rotatable bonds is 5. The molecule has 0 aromatic heterocycles. The van der Waals surface area contributed by atoms with Gasteiger partial charge in [-0.25, -0.2) is 9.82 Å². The van der Waals surface area contributed by atoms with Crippen LogP contribution >= 0.6 is 0 Å². The van der Waals surface area contributed by atoms with E-state index in [1.807, 2.05) is 17.0 Å². The standard InChI is InChI=1S/C24H29FN6O3/c1-34-20-4-2-3-17(25)22(20)18-11-16-19(12-27-18)29-30-23(16)28-24(33)14-5-7-15(8-6-14)31-10-9-26-21(32)13-31/h2-8,16,18-19,23,27,29-30H,9-13H2,1H3,(H,26,32)(H,28,33). The fourth-order valence-corrected chi connectivity index (χ4v) is 5.07. The minimum atomic E-state index is -0.305. The summed E-state index contributed by atoms with van der Waals surface area (Å²) in [7, 11) is 1.54. The lowest BCUT2D eigenvalue weighted by atomic mass is 9.84. The Morgan fingerprint density at radius 2 is 2.00 bits per heavy atom. The van der Waals surface area contributed by atoms with Gasteiger partial charge in [0.25, 0.3) is 5.91 Å². The van der Waals surface area contributed by atoms with Gasteiger partial charge in [-0.1, -0.05) is 6.07 Å². The normalized spacial score (nSPS) is 26.5. The summed E-state index contributed by atoms with van der Waals surface area (Å²) in [5.74, 6) is 0.0746. The molecule has 3 saturated heterocycles. The van der Waals surface area contributed by atoms with Gasteiger partial charge in [0.05, 0.1) is 19.8 Å². The summed E-state index contributed by atoms with van der Waals surface area (Å²) in [6.45, 7) is 2.29.